The molecule has 1 unspecified atom stereocenters. The van der Waals surface area contributed by atoms with Crippen molar-refractivity contribution < 1.29 is 19.9 Å². The summed E-state index contributed by atoms with van der Waals surface area (Å²) in [6.45, 7) is 5.09. The Morgan fingerprint density at radius 1 is 1.33 bits per heavy atom. The predicted octanol–water partition coefficient (Wildman–Crippen LogP) is 0.882. The lowest BCUT2D eigenvalue weighted by molar-refractivity contribution is -0.154. The maximum atomic E-state index is 12.6. The normalized spacial score (nSPS) is 17.3. The minimum Gasteiger partial charge on any atom is -0.391 e. The van der Waals surface area contributed by atoms with Crippen LogP contribution in [0.3, 0.4) is 0 Å². The number of piperidine rings is 1. The number of hydroxylamine groups is 2. The predicted molar refractivity (Wildman–Crippen MR) is 111 cm³/mol. The van der Waals surface area contributed by atoms with Gasteiger partial charge in [-0.15, -0.1) is 0 Å². The van der Waals surface area contributed by atoms with E-state index in [1.165, 1.54) is 0 Å². The summed E-state index contributed by atoms with van der Waals surface area (Å²) in [5.74, 6) is 0.302. The van der Waals surface area contributed by atoms with Gasteiger partial charge < -0.3 is 10.0 Å². The highest BCUT2D eigenvalue weighted by atomic mass is 16.5. The lowest BCUT2D eigenvalue weighted by atomic mass is 10.0. The molecule has 1 aromatic heterocycles. The summed E-state index contributed by atoms with van der Waals surface area (Å²) in [4.78, 5) is 38.3. The summed E-state index contributed by atoms with van der Waals surface area (Å²) in [5.41, 5.74) is 5.31. The molecule has 30 heavy (non-hydrogen) atoms. The Kier molecular flexibility index (Phi) is 9.68. The van der Waals surface area contributed by atoms with E-state index >= 15 is 0 Å². The first-order valence-electron chi connectivity index (χ1n) is 10.6. The lowest BCUT2D eigenvalue weighted by Crippen LogP contribution is -2.41. The molecule has 11 nitrogen and oxygen atoms in total. The Morgan fingerprint density at radius 3 is 2.80 bits per heavy atom. The van der Waals surface area contributed by atoms with Crippen molar-refractivity contribution in [2.45, 2.75) is 64.9 Å². The van der Waals surface area contributed by atoms with Crippen LogP contribution >= 0.6 is 0 Å². The minimum atomic E-state index is -0.566. The van der Waals surface area contributed by atoms with E-state index in [2.05, 4.69) is 32.7 Å². The summed E-state index contributed by atoms with van der Waals surface area (Å²) in [6.07, 6.45) is 5.38. The van der Waals surface area contributed by atoms with Gasteiger partial charge in [0.2, 0.25) is 24.2 Å². The fourth-order valence-corrected chi connectivity index (χ4v) is 3.33. The summed E-state index contributed by atoms with van der Waals surface area (Å²) in [5, 5.41) is 19.9. The molecule has 2 rings (SSSR count). The number of carbonyl (C=O) groups is 2. The lowest BCUT2D eigenvalue weighted by Gasteiger charge is -2.30. The van der Waals surface area contributed by atoms with Crippen LogP contribution in [-0.2, 0) is 16.0 Å². The number of hydrogen-bond donors (Lipinski definition) is 4. The highest BCUT2D eigenvalue weighted by molar-refractivity contribution is 5.80. The molecule has 0 aromatic carbocycles. The summed E-state index contributed by atoms with van der Waals surface area (Å²) < 4.78 is 0. The van der Waals surface area contributed by atoms with Gasteiger partial charge in [0.1, 0.15) is 5.82 Å². The third-order valence-corrected chi connectivity index (χ3v) is 5.02. The summed E-state index contributed by atoms with van der Waals surface area (Å²) >= 11 is 0. The number of carbonyl (C=O) groups excluding carboxylic acids is 2. The molecular formula is C19H33N7O4. The van der Waals surface area contributed by atoms with Crippen molar-refractivity contribution in [3.05, 3.63) is 5.82 Å². The van der Waals surface area contributed by atoms with E-state index in [1.807, 2.05) is 11.8 Å². The van der Waals surface area contributed by atoms with Crippen LogP contribution in [-0.4, -0.2) is 68.4 Å². The van der Waals surface area contributed by atoms with E-state index in [4.69, 9.17) is 0 Å². The number of aryl methyl sites for hydroxylation is 1. The zero-order valence-corrected chi connectivity index (χ0v) is 17.8. The van der Waals surface area contributed by atoms with Crippen molar-refractivity contribution in [1.82, 2.24) is 25.4 Å². The maximum absolute atomic E-state index is 12.6. The van der Waals surface area contributed by atoms with Gasteiger partial charge in [0, 0.05) is 19.5 Å². The first kappa shape index (κ1) is 23.7. The van der Waals surface area contributed by atoms with E-state index in [9.17, 15) is 19.9 Å². The molecular weight excluding hydrogens is 390 g/mol. The van der Waals surface area contributed by atoms with Gasteiger partial charge in [0.15, 0.2) is 0 Å². The number of hydrazine groups is 1. The molecule has 1 aliphatic heterocycles. The number of aliphatic hydroxyl groups is 1. The van der Waals surface area contributed by atoms with Crippen LogP contribution in [0.1, 0.15) is 58.2 Å². The zero-order valence-electron chi connectivity index (χ0n) is 17.8. The number of β-amino-alcohol motifs (C(OH)–C–C–N with tert-alkyl or cyclic N) is 1. The average Bonchev–Trinajstić information content (AvgIpc) is 2.76. The molecule has 1 aromatic rings. The molecule has 1 saturated heterocycles. The third kappa shape index (κ3) is 7.38. The third-order valence-electron chi connectivity index (χ3n) is 5.02. The summed E-state index contributed by atoms with van der Waals surface area (Å²) in [6, 6.07) is 0. The standard InChI is InChI=1S/C19H33N7O4/c1-3-5-6-8-14(11-26(30)13-27)17(29)23-24-18-20-16(4-2)21-19(22-18)25-10-7-9-15(28)12-25/h13-15,28,30H,3-12H2,1-2H3,(H,23,29)(H,20,21,22,24)/t14?,15-/m1/s1. The minimum absolute atomic E-state index is 0.0882. The first-order chi connectivity index (χ1) is 14.5. The van der Waals surface area contributed by atoms with Crippen molar-refractivity contribution in [2.75, 3.05) is 30.0 Å². The van der Waals surface area contributed by atoms with Crippen molar-refractivity contribution >= 4 is 24.2 Å². The number of unbranched alkanes of at least 4 members (excludes halogenated alkanes) is 2. The number of aromatic nitrogens is 3. The number of aliphatic hydroxyl groups excluding tert-OH is 1. The number of rotatable bonds is 12. The van der Waals surface area contributed by atoms with E-state index in [-0.39, 0.29) is 24.8 Å². The highest BCUT2D eigenvalue weighted by Gasteiger charge is 2.23. The van der Waals surface area contributed by atoms with E-state index < -0.39 is 12.0 Å². The van der Waals surface area contributed by atoms with Gasteiger partial charge in [-0.1, -0.05) is 33.1 Å². The van der Waals surface area contributed by atoms with Crippen LogP contribution in [0.4, 0.5) is 11.9 Å². The molecule has 2 heterocycles. The van der Waals surface area contributed by atoms with Gasteiger partial charge in [-0.3, -0.25) is 25.6 Å². The summed E-state index contributed by atoms with van der Waals surface area (Å²) in [7, 11) is 0. The number of hydrogen-bond acceptors (Lipinski definition) is 9. The Hall–Kier alpha value is -2.53. The largest absolute Gasteiger partial charge is 0.391 e. The van der Waals surface area contributed by atoms with Crippen LogP contribution in [0.25, 0.3) is 0 Å². The quantitative estimate of drug-likeness (QED) is 0.167. The average molecular weight is 424 g/mol. The molecule has 0 radical (unpaired) electrons. The Bertz CT molecular complexity index is 691. The number of anilines is 2. The fourth-order valence-electron chi connectivity index (χ4n) is 3.33. The van der Waals surface area contributed by atoms with Gasteiger partial charge in [0.05, 0.1) is 18.6 Å². The molecule has 1 aliphatic rings. The Balaban J connectivity index is 2.04. The number of amides is 2. The van der Waals surface area contributed by atoms with E-state index in [0.717, 1.165) is 38.6 Å². The van der Waals surface area contributed by atoms with E-state index in [0.29, 0.717) is 36.2 Å². The molecule has 0 aliphatic carbocycles. The molecule has 2 atom stereocenters. The molecule has 11 heteroatoms. The van der Waals surface area contributed by atoms with Crippen LogP contribution < -0.4 is 15.8 Å². The number of nitrogens with one attached hydrogen (secondary N) is 2. The van der Waals surface area contributed by atoms with Gasteiger partial charge >= 0.3 is 0 Å². The Morgan fingerprint density at radius 2 is 2.13 bits per heavy atom. The zero-order chi connectivity index (χ0) is 21.9. The van der Waals surface area contributed by atoms with E-state index in [1.54, 1.807) is 0 Å². The molecule has 0 saturated carbocycles. The number of nitrogens with zero attached hydrogens (tertiary/aromatic N) is 5. The highest BCUT2D eigenvalue weighted by Crippen LogP contribution is 2.18. The SMILES string of the molecule is CCCCCC(CN(O)C=O)C(=O)NNc1nc(CC)nc(N2CCC[C@@H](O)C2)n1. The maximum Gasteiger partial charge on any atom is 0.246 e. The molecule has 2 amide bonds. The van der Waals surface area contributed by atoms with Crippen LogP contribution in [0.2, 0.25) is 0 Å². The van der Waals surface area contributed by atoms with Gasteiger partial charge in [-0.2, -0.15) is 15.0 Å². The fraction of sp³-hybridized carbons (Fsp3) is 0.737. The molecule has 0 bridgehead atoms. The van der Waals surface area contributed by atoms with Crippen LogP contribution in [0, 0.1) is 5.92 Å². The topological polar surface area (TPSA) is 144 Å². The second-order valence-electron chi connectivity index (χ2n) is 7.51. The van der Waals surface area contributed by atoms with Crippen molar-refractivity contribution in [2.24, 2.45) is 5.92 Å². The molecule has 1 fully saturated rings. The molecule has 0 spiro atoms. The monoisotopic (exact) mass is 423 g/mol. The Labute approximate surface area is 176 Å². The molecule has 4 N–H and O–H groups in total. The van der Waals surface area contributed by atoms with Crippen molar-refractivity contribution in [1.29, 1.82) is 0 Å². The smallest absolute Gasteiger partial charge is 0.246 e. The van der Waals surface area contributed by atoms with Crippen LogP contribution in [0.15, 0.2) is 0 Å². The van der Waals surface area contributed by atoms with Crippen molar-refractivity contribution in [3.63, 3.8) is 0 Å². The molecule has 168 valence electrons. The van der Waals surface area contributed by atoms with Crippen molar-refractivity contribution in [3.8, 4) is 0 Å². The van der Waals surface area contributed by atoms with Gasteiger partial charge in [0.25, 0.3) is 0 Å². The second kappa shape index (κ2) is 12.2. The second-order valence-corrected chi connectivity index (χ2v) is 7.51. The van der Waals surface area contributed by atoms with Gasteiger partial charge in [-0.05, 0) is 19.3 Å². The van der Waals surface area contributed by atoms with Crippen LogP contribution in [0.5, 0.6) is 0 Å². The first-order valence-corrected chi connectivity index (χ1v) is 10.6. The van der Waals surface area contributed by atoms with Gasteiger partial charge in [-0.25, -0.2) is 5.06 Å².